The zero-order valence-corrected chi connectivity index (χ0v) is 25.5. The molecule has 2 aromatic carbocycles. The van der Waals surface area contributed by atoms with Gasteiger partial charge in [0.2, 0.25) is 5.76 Å². The van der Waals surface area contributed by atoms with E-state index in [1.165, 1.54) is 70.6 Å². The summed E-state index contributed by atoms with van der Waals surface area (Å²) in [7, 11) is 0. The van der Waals surface area contributed by atoms with Gasteiger partial charge in [0.05, 0.1) is 6.61 Å². The van der Waals surface area contributed by atoms with Gasteiger partial charge in [-0.15, -0.1) is 0 Å². The zero-order chi connectivity index (χ0) is 29.7. The molecule has 0 spiro atoms. The van der Waals surface area contributed by atoms with Gasteiger partial charge < -0.3 is 18.9 Å². The number of hydrogen-bond donors (Lipinski definition) is 0. The van der Waals surface area contributed by atoms with Crippen LogP contribution in [-0.2, 0) is 41.8 Å². The topological polar surface area (TPSA) is 71.1 Å². The first kappa shape index (κ1) is 33.2. The fourth-order valence-corrected chi connectivity index (χ4v) is 5.07. The van der Waals surface area contributed by atoms with E-state index in [1.54, 1.807) is 0 Å². The Labute approximate surface area is 252 Å². The van der Waals surface area contributed by atoms with Gasteiger partial charge in [0.15, 0.2) is 11.9 Å². The van der Waals surface area contributed by atoms with Crippen molar-refractivity contribution in [1.29, 1.82) is 0 Å². The van der Waals surface area contributed by atoms with E-state index >= 15 is 0 Å². The highest BCUT2D eigenvalue weighted by atomic mass is 16.6. The number of unbranched alkanes of at least 4 members (excludes halogenated alkanes) is 12. The fraction of sp³-hybridized carbons (Fsp3) is 0.556. The maximum Gasteiger partial charge on any atom is 0.378 e. The lowest BCUT2D eigenvalue weighted by molar-refractivity contribution is -0.147. The van der Waals surface area contributed by atoms with Crippen LogP contribution in [0, 0.1) is 0 Å². The highest BCUT2D eigenvalue weighted by Gasteiger charge is 2.38. The van der Waals surface area contributed by atoms with E-state index < -0.39 is 12.1 Å². The minimum Gasteiger partial charge on any atom is -0.485 e. The van der Waals surface area contributed by atoms with Gasteiger partial charge in [-0.2, -0.15) is 0 Å². The van der Waals surface area contributed by atoms with Crippen LogP contribution in [0.1, 0.15) is 114 Å². The summed E-state index contributed by atoms with van der Waals surface area (Å²) in [5.74, 6) is -0.332. The lowest BCUT2D eigenvalue weighted by Crippen LogP contribution is -2.18. The number of esters is 2. The molecule has 1 atom stereocenters. The minimum atomic E-state index is -0.656. The van der Waals surface area contributed by atoms with E-state index in [2.05, 4.69) is 6.92 Å². The van der Waals surface area contributed by atoms with Crippen molar-refractivity contribution in [3.63, 3.8) is 0 Å². The predicted octanol–water partition coefficient (Wildman–Crippen LogP) is 8.97. The summed E-state index contributed by atoms with van der Waals surface area (Å²) in [5, 5.41) is 0. The van der Waals surface area contributed by atoms with Crippen LogP contribution >= 0.6 is 0 Å². The largest absolute Gasteiger partial charge is 0.485 e. The number of benzene rings is 2. The molecule has 0 aromatic heterocycles. The molecule has 1 aliphatic rings. The monoisotopic (exact) mass is 578 g/mol. The first-order chi connectivity index (χ1) is 20.7. The third kappa shape index (κ3) is 13.1. The number of carbonyl (C=O) groups is 2. The van der Waals surface area contributed by atoms with E-state index in [4.69, 9.17) is 18.9 Å². The van der Waals surface area contributed by atoms with Gasteiger partial charge in [-0.3, -0.25) is 4.79 Å². The maximum absolute atomic E-state index is 12.7. The second kappa shape index (κ2) is 20.6. The Morgan fingerprint density at radius 1 is 0.690 bits per heavy atom. The number of cyclic esters (lactones) is 1. The molecule has 3 rings (SSSR count). The molecule has 1 heterocycles. The standard InChI is InChI=1S/C36H50O6/c1-2-3-4-5-6-7-8-9-10-11-12-13-20-25-33(37)39-27-26-32-34(40-28-30-21-16-14-17-22-30)35(36(38)42-32)41-29-31-23-18-15-19-24-31/h14-19,21-24,32H,2-13,20,25-29H2,1H3. The Bertz CT molecular complexity index is 1050. The summed E-state index contributed by atoms with van der Waals surface area (Å²) in [6.07, 6.45) is 16.6. The van der Waals surface area contributed by atoms with Gasteiger partial charge in [0.25, 0.3) is 0 Å². The summed E-state index contributed by atoms with van der Waals surface area (Å²) < 4.78 is 23.0. The molecule has 230 valence electrons. The molecule has 0 radical (unpaired) electrons. The van der Waals surface area contributed by atoms with E-state index in [0.29, 0.717) is 18.6 Å². The van der Waals surface area contributed by atoms with Gasteiger partial charge in [-0.25, -0.2) is 4.79 Å². The highest BCUT2D eigenvalue weighted by molar-refractivity contribution is 5.89. The summed E-state index contributed by atoms with van der Waals surface area (Å²) >= 11 is 0. The van der Waals surface area contributed by atoms with Crippen LogP contribution in [0.2, 0.25) is 0 Å². The lowest BCUT2D eigenvalue weighted by Gasteiger charge is -2.15. The predicted molar refractivity (Wildman–Crippen MR) is 165 cm³/mol. The van der Waals surface area contributed by atoms with Crippen LogP contribution < -0.4 is 0 Å². The van der Waals surface area contributed by atoms with Gasteiger partial charge in [-0.05, 0) is 17.5 Å². The number of ether oxygens (including phenoxy) is 4. The summed E-state index contributed by atoms with van der Waals surface area (Å²) in [6, 6.07) is 19.3. The van der Waals surface area contributed by atoms with Crippen LogP contribution in [-0.4, -0.2) is 24.6 Å². The van der Waals surface area contributed by atoms with E-state index in [1.807, 2.05) is 60.7 Å². The molecule has 1 unspecified atom stereocenters. The Balaban J connectivity index is 1.33. The third-order valence-corrected chi connectivity index (χ3v) is 7.54. The van der Waals surface area contributed by atoms with Crippen LogP contribution in [0.5, 0.6) is 0 Å². The van der Waals surface area contributed by atoms with Gasteiger partial charge >= 0.3 is 11.9 Å². The van der Waals surface area contributed by atoms with E-state index in [-0.39, 0.29) is 31.5 Å². The van der Waals surface area contributed by atoms with Crippen molar-refractivity contribution in [3.05, 3.63) is 83.3 Å². The van der Waals surface area contributed by atoms with Crippen LogP contribution in [0.15, 0.2) is 72.2 Å². The summed E-state index contributed by atoms with van der Waals surface area (Å²) in [6.45, 7) is 2.92. The Morgan fingerprint density at radius 2 is 1.19 bits per heavy atom. The Morgan fingerprint density at radius 3 is 1.74 bits per heavy atom. The Kier molecular flexibility index (Phi) is 16.3. The smallest absolute Gasteiger partial charge is 0.378 e. The van der Waals surface area contributed by atoms with Crippen molar-refractivity contribution < 1.29 is 28.5 Å². The molecule has 1 aliphatic heterocycles. The van der Waals surface area contributed by atoms with Crippen molar-refractivity contribution in [1.82, 2.24) is 0 Å². The molecule has 0 N–H and O–H groups in total. The van der Waals surface area contributed by atoms with Crippen molar-refractivity contribution in [3.8, 4) is 0 Å². The van der Waals surface area contributed by atoms with Crippen LogP contribution in [0.4, 0.5) is 0 Å². The molecule has 0 bridgehead atoms. The highest BCUT2D eigenvalue weighted by Crippen LogP contribution is 2.29. The van der Waals surface area contributed by atoms with Gasteiger partial charge in [0.1, 0.15) is 13.2 Å². The SMILES string of the molecule is CCCCCCCCCCCCCCCC(=O)OCCC1OC(=O)C(OCc2ccccc2)=C1OCc1ccccc1. The lowest BCUT2D eigenvalue weighted by atomic mass is 10.0. The van der Waals surface area contributed by atoms with Crippen molar-refractivity contribution in [2.45, 2.75) is 123 Å². The molecule has 0 fully saturated rings. The van der Waals surface area contributed by atoms with E-state index in [9.17, 15) is 9.59 Å². The van der Waals surface area contributed by atoms with Crippen molar-refractivity contribution >= 4 is 11.9 Å². The van der Waals surface area contributed by atoms with Gasteiger partial charge in [0, 0.05) is 12.8 Å². The first-order valence-corrected chi connectivity index (χ1v) is 16.1. The molecule has 2 aromatic rings. The van der Waals surface area contributed by atoms with Crippen molar-refractivity contribution in [2.24, 2.45) is 0 Å². The molecule has 0 aliphatic carbocycles. The molecule has 0 saturated carbocycles. The molecular formula is C36H50O6. The van der Waals surface area contributed by atoms with Gasteiger partial charge in [-0.1, -0.05) is 145 Å². The van der Waals surface area contributed by atoms with E-state index in [0.717, 1.165) is 24.0 Å². The fourth-order valence-electron chi connectivity index (χ4n) is 5.07. The normalized spacial score (nSPS) is 14.6. The Hall–Kier alpha value is -3.28. The quantitative estimate of drug-likeness (QED) is 0.0968. The third-order valence-electron chi connectivity index (χ3n) is 7.54. The minimum absolute atomic E-state index is 0.0816. The number of rotatable bonds is 23. The second-order valence-corrected chi connectivity index (χ2v) is 11.1. The zero-order valence-electron chi connectivity index (χ0n) is 25.5. The molecule has 0 saturated heterocycles. The second-order valence-electron chi connectivity index (χ2n) is 11.1. The summed E-state index contributed by atoms with van der Waals surface area (Å²) in [5.41, 5.74) is 1.90. The van der Waals surface area contributed by atoms with Crippen molar-refractivity contribution in [2.75, 3.05) is 6.61 Å². The maximum atomic E-state index is 12.7. The average molecular weight is 579 g/mol. The number of carbonyl (C=O) groups excluding carboxylic acids is 2. The van der Waals surface area contributed by atoms with Crippen LogP contribution in [0.3, 0.4) is 0 Å². The molecular weight excluding hydrogens is 528 g/mol. The molecule has 6 heteroatoms. The molecule has 6 nitrogen and oxygen atoms in total. The van der Waals surface area contributed by atoms with Crippen LogP contribution in [0.25, 0.3) is 0 Å². The summed E-state index contributed by atoms with van der Waals surface area (Å²) in [4.78, 5) is 25.0. The number of hydrogen-bond acceptors (Lipinski definition) is 6. The average Bonchev–Trinajstić information content (AvgIpc) is 3.31. The molecule has 0 amide bonds. The molecule has 42 heavy (non-hydrogen) atoms. The first-order valence-electron chi connectivity index (χ1n) is 16.1.